The van der Waals surface area contributed by atoms with Crippen LogP contribution in [0.2, 0.25) is 0 Å². The van der Waals surface area contributed by atoms with Crippen LogP contribution in [0.1, 0.15) is 38.3 Å². The largest absolute Gasteiger partial charge is 0.389 e. The second kappa shape index (κ2) is 6.19. The van der Waals surface area contributed by atoms with Gasteiger partial charge in [0.1, 0.15) is 10.8 Å². The van der Waals surface area contributed by atoms with Crippen LogP contribution in [0.25, 0.3) is 0 Å². The number of benzene rings is 1. The van der Waals surface area contributed by atoms with Gasteiger partial charge in [-0.25, -0.2) is 4.39 Å². The summed E-state index contributed by atoms with van der Waals surface area (Å²) < 4.78 is 13.7. The Kier molecular flexibility index (Phi) is 4.76. The van der Waals surface area contributed by atoms with Crippen LogP contribution in [0.15, 0.2) is 18.2 Å². The molecule has 1 saturated heterocycles. The van der Waals surface area contributed by atoms with Crippen LogP contribution in [0.3, 0.4) is 0 Å². The topological polar surface area (TPSA) is 29.3 Å². The van der Waals surface area contributed by atoms with Gasteiger partial charge in [0.2, 0.25) is 0 Å². The summed E-state index contributed by atoms with van der Waals surface area (Å²) >= 11 is 4.94. The molecule has 0 bridgehead atoms. The Morgan fingerprint density at radius 3 is 2.70 bits per heavy atom. The zero-order valence-corrected chi connectivity index (χ0v) is 13.2. The standard InChI is InChI=1S/C16H23FN2S/c1-10-4-11(2)12(3)19(8-10)9-13-5-14(16(18)20)7-15(17)6-13/h5-7,10-12H,4,8-9H2,1-3H3,(H2,18,20). The molecule has 3 unspecified atom stereocenters. The highest BCUT2D eigenvalue weighted by Gasteiger charge is 2.28. The predicted molar refractivity (Wildman–Crippen MR) is 85.1 cm³/mol. The molecule has 2 N–H and O–H groups in total. The first kappa shape index (κ1) is 15.4. The van der Waals surface area contributed by atoms with E-state index in [4.69, 9.17) is 18.0 Å². The smallest absolute Gasteiger partial charge is 0.124 e. The summed E-state index contributed by atoms with van der Waals surface area (Å²) in [7, 11) is 0. The van der Waals surface area contributed by atoms with Gasteiger partial charge in [0.25, 0.3) is 0 Å². The second-order valence-electron chi connectivity index (χ2n) is 6.20. The molecule has 20 heavy (non-hydrogen) atoms. The third-order valence-electron chi connectivity index (χ3n) is 4.35. The summed E-state index contributed by atoms with van der Waals surface area (Å²) in [6.45, 7) is 8.64. The Morgan fingerprint density at radius 2 is 2.05 bits per heavy atom. The fourth-order valence-corrected chi connectivity index (χ4v) is 3.28. The average molecular weight is 294 g/mol. The maximum Gasteiger partial charge on any atom is 0.124 e. The van der Waals surface area contributed by atoms with Gasteiger partial charge in [0, 0.05) is 24.7 Å². The van der Waals surface area contributed by atoms with E-state index in [0.29, 0.717) is 23.4 Å². The molecule has 1 aliphatic rings. The molecule has 4 heteroatoms. The number of nitrogens with two attached hydrogens (primary N) is 1. The number of halogens is 1. The summed E-state index contributed by atoms with van der Waals surface area (Å²) in [5.74, 6) is 1.09. The highest BCUT2D eigenvalue weighted by Crippen LogP contribution is 2.28. The van der Waals surface area contributed by atoms with E-state index in [0.717, 1.165) is 18.7 Å². The van der Waals surface area contributed by atoms with Crippen LogP contribution in [0.4, 0.5) is 4.39 Å². The second-order valence-corrected chi connectivity index (χ2v) is 6.64. The van der Waals surface area contributed by atoms with Gasteiger partial charge in [-0.15, -0.1) is 0 Å². The van der Waals surface area contributed by atoms with Gasteiger partial charge in [-0.05, 0) is 48.9 Å². The van der Waals surface area contributed by atoms with Crippen molar-refractivity contribution < 1.29 is 4.39 Å². The molecule has 0 aliphatic carbocycles. The van der Waals surface area contributed by atoms with E-state index in [9.17, 15) is 4.39 Å². The highest BCUT2D eigenvalue weighted by molar-refractivity contribution is 7.80. The zero-order chi connectivity index (χ0) is 14.9. The van der Waals surface area contributed by atoms with E-state index in [2.05, 4.69) is 25.7 Å². The maximum atomic E-state index is 13.7. The molecule has 0 amide bonds. The Balaban J connectivity index is 2.18. The number of hydrogen-bond acceptors (Lipinski definition) is 2. The van der Waals surface area contributed by atoms with Crippen LogP contribution < -0.4 is 5.73 Å². The number of rotatable bonds is 3. The lowest BCUT2D eigenvalue weighted by Gasteiger charge is -2.41. The first-order valence-electron chi connectivity index (χ1n) is 7.20. The van der Waals surface area contributed by atoms with Crippen molar-refractivity contribution in [2.75, 3.05) is 6.54 Å². The highest BCUT2D eigenvalue weighted by atomic mass is 32.1. The summed E-state index contributed by atoms with van der Waals surface area (Å²) in [5.41, 5.74) is 7.16. The maximum absolute atomic E-state index is 13.7. The lowest BCUT2D eigenvalue weighted by Crippen LogP contribution is -2.45. The van der Waals surface area contributed by atoms with Gasteiger partial charge in [-0.1, -0.05) is 26.1 Å². The third kappa shape index (κ3) is 3.55. The molecular weight excluding hydrogens is 271 g/mol. The molecule has 3 atom stereocenters. The summed E-state index contributed by atoms with van der Waals surface area (Å²) in [6.07, 6.45) is 1.26. The predicted octanol–water partition coefficient (Wildman–Crippen LogP) is 3.33. The first-order chi connectivity index (χ1) is 9.36. The van der Waals surface area contributed by atoms with E-state index in [-0.39, 0.29) is 10.8 Å². The molecule has 1 heterocycles. The van der Waals surface area contributed by atoms with E-state index >= 15 is 0 Å². The number of thiocarbonyl (C=S) groups is 1. The molecule has 1 fully saturated rings. The van der Waals surface area contributed by atoms with Gasteiger partial charge in [0.15, 0.2) is 0 Å². The lowest BCUT2D eigenvalue weighted by molar-refractivity contribution is 0.0729. The molecule has 2 nitrogen and oxygen atoms in total. The summed E-state index contributed by atoms with van der Waals surface area (Å²) in [4.78, 5) is 2.68. The minimum Gasteiger partial charge on any atom is -0.389 e. The van der Waals surface area contributed by atoms with Gasteiger partial charge < -0.3 is 5.73 Å². The molecule has 0 spiro atoms. The SMILES string of the molecule is CC1CC(C)C(C)N(Cc2cc(F)cc(C(N)=S)c2)C1. The van der Waals surface area contributed by atoms with Crippen LogP contribution >= 0.6 is 12.2 Å². The minimum atomic E-state index is -0.268. The number of likely N-dealkylation sites (tertiary alicyclic amines) is 1. The Bertz CT molecular complexity index is 503. The fraction of sp³-hybridized carbons (Fsp3) is 0.562. The van der Waals surface area contributed by atoms with E-state index in [1.54, 1.807) is 6.07 Å². The average Bonchev–Trinajstić information content (AvgIpc) is 2.34. The van der Waals surface area contributed by atoms with Crippen LogP contribution in [0.5, 0.6) is 0 Å². The summed E-state index contributed by atoms with van der Waals surface area (Å²) in [6, 6.07) is 5.40. The van der Waals surface area contributed by atoms with Crippen molar-refractivity contribution in [2.45, 2.75) is 39.8 Å². The molecule has 110 valence electrons. The van der Waals surface area contributed by atoms with Crippen molar-refractivity contribution in [3.63, 3.8) is 0 Å². The van der Waals surface area contributed by atoms with Crippen LogP contribution in [-0.2, 0) is 6.54 Å². The Labute approximate surface area is 126 Å². The first-order valence-corrected chi connectivity index (χ1v) is 7.61. The van der Waals surface area contributed by atoms with Crippen molar-refractivity contribution >= 4 is 17.2 Å². The zero-order valence-electron chi connectivity index (χ0n) is 12.4. The van der Waals surface area contributed by atoms with Crippen LogP contribution in [-0.4, -0.2) is 22.5 Å². The van der Waals surface area contributed by atoms with E-state index in [1.807, 2.05) is 6.07 Å². The van der Waals surface area contributed by atoms with Crippen molar-refractivity contribution in [3.05, 3.63) is 35.1 Å². The van der Waals surface area contributed by atoms with Gasteiger partial charge in [-0.2, -0.15) is 0 Å². The number of hydrogen-bond donors (Lipinski definition) is 1. The number of piperidine rings is 1. The van der Waals surface area contributed by atoms with Crippen LogP contribution in [0, 0.1) is 17.7 Å². The van der Waals surface area contributed by atoms with Gasteiger partial charge in [0.05, 0.1) is 0 Å². The monoisotopic (exact) mass is 294 g/mol. The minimum absolute atomic E-state index is 0.249. The quantitative estimate of drug-likeness (QED) is 0.867. The van der Waals surface area contributed by atoms with E-state index < -0.39 is 0 Å². The van der Waals surface area contributed by atoms with Crippen molar-refractivity contribution in [1.29, 1.82) is 0 Å². The third-order valence-corrected chi connectivity index (χ3v) is 4.58. The molecule has 0 radical (unpaired) electrons. The molecule has 1 aliphatic heterocycles. The molecule has 1 aromatic rings. The lowest BCUT2D eigenvalue weighted by atomic mass is 9.85. The van der Waals surface area contributed by atoms with Gasteiger partial charge >= 0.3 is 0 Å². The normalized spacial score (nSPS) is 27.5. The van der Waals surface area contributed by atoms with Crippen molar-refractivity contribution in [2.24, 2.45) is 17.6 Å². The molecule has 2 rings (SSSR count). The Morgan fingerprint density at radius 1 is 1.35 bits per heavy atom. The molecule has 0 aromatic heterocycles. The fourth-order valence-electron chi connectivity index (χ4n) is 3.16. The van der Waals surface area contributed by atoms with Crippen molar-refractivity contribution in [3.8, 4) is 0 Å². The molecule has 0 saturated carbocycles. The number of nitrogens with zero attached hydrogens (tertiary/aromatic N) is 1. The Hall–Kier alpha value is -1.00. The van der Waals surface area contributed by atoms with E-state index in [1.165, 1.54) is 12.5 Å². The van der Waals surface area contributed by atoms with Crippen molar-refractivity contribution in [1.82, 2.24) is 4.90 Å². The van der Waals surface area contributed by atoms with Gasteiger partial charge in [-0.3, -0.25) is 4.90 Å². The summed E-state index contributed by atoms with van der Waals surface area (Å²) in [5, 5.41) is 0. The molecule has 1 aromatic carbocycles. The molecular formula is C16H23FN2S.